The van der Waals surface area contributed by atoms with E-state index < -0.39 is 11.7 Å². The Labute approximate surface area is 157 Å². The summed E-state index contributed by atoms with van der Waals surface area (Å²) in [7, 11) is 0. The van der Waals surface area contributed by atoms with E-state index in [0.29, 0.717) is 24.5 Å². The van der Waals surface area contributed by atoms with Crippen LogP contribution in [-0.2, 0) is 13.0 Å². The summed E-state index contributed by atoms with van der Waals surface area (Å²) in [6.07, 6.45) is 5.80. The van der Waals surface area contributed by atoms with Crippen molar-refractivity contribution in [3.05, 3.63) is 47.3 Å². The second kappa shape index (κ2) is 7.50. The first-order chi connectivity index (χ1) is 13.1. The summed E-state index contributed by atoms with van der Waals surface area (Å²) < 4.78 is 15.3. The zero-order valence-electron chi connectivity index (χ0n) is 15.2. The minimum atomic E-state index is -0.416. The number of piperidine rings is 1. The summed E-state index contributed by atoms with van der Waals surface area (Å²) in [5, 5.41) is 2.70. The molecular formula is C20H23FN4O2. The number of imidazole rings is 1. The smallest absolute Gasteiger partial charge is 0.289 e. The average molecular weight is 370 g/mol. The lowest BCUT2D eigenvalue weighted by Crippen LogP contribution is -2.37. The molecule has 6 nitrogen and oxygen atoms in total. The molecule has 0 aliphatic carbocycles. The normalized spacial score (nSPS) is 16.7. The van der Waals surface area contributed by atoms with Crippen LogP contribution in [-0.4, -0.2) is 39.4 Å². The highest BCUT2D eigenvalue weighted by Gasteiger charge is 2.30. The summed E-state index contributed by atoms with van der Waals surface area (Å²) in [5.41, 5.74) is 1.45. The number of anilines is 1. The number of hydrogen-bond acceptors (Lipinski definition) is 3. The van der Waals surface area contributed by atoms with Gasteiger partial charge < -0.3 is 14.8 Å². The van der Waals surface area contributed by atoms with Crippen molar-refractivity contribution >= 4 is 17.5 Å². The third-order valence-corrected chi connectivity index (χ3v) is 5.25. The van der Waals surface area contributed by atoms with Crippen LogP contribution in [0, 0.1) is 5.82 Å². The van der Waals surface area contributed by atoms with Gasteiger partial charge in [-0.15, -0.1) is 0 Å². The van der Waals surface area contributed by atoms with Gasteiger partial charge in [-0.3, -0.25) is 9.59 Å². The second-order valence-electron chi connectivity index (χ2n) is 7.16. The zero-order valence-corrected chi connectivity index (χ0v) is 15.2. The Morgan fingerprint density at radius 3 is 2.59 bits per heavy atom. The van der Waals surface area contributed by atoms with Crippen molar-refractivity contribution in [1.29, 1.82) is 0 Å². The number of hydrogen-bond donors (Lipinski definition) is 1. The lowest BCUT2D eigenvalue weighted by atomic mass is 10.1. The molecule has 2 amide bonds. The number of likely N-dealkylation sites (tertiary alicyclic amines) is 1. The number of benzene rings is 1. The van der Waals surface area contributed by atoms with Gasteiger partial charge in [0.2, 0.25) is 0 Å². The lowest BCUT2D eigenvalue weighted by molar-refractivity contribution is 0.0705. The van der Waals surface area contributed by atoms with E-state index in [4.69, 9.17) is 0 Å². The molecule has 2 aliphatic rings. The Kier molecular flexibility index (Phi) is 4.92. The standard InChI is InChI=1S/C20H23FN4O2/c21-14-7-6-8-15(13-14)22-19(26)17-16-9-2-5-12-25(16)18(23-17)20(27)24-10-3-1-4-11-24/h6-8,13H,1-5,9-12H2,(H,22,26). The monoisotopic (exact) mass is 370 g/mol. The molecule has 4 rings (SSSR count). The average Bonchev–Trinajstić information content (AvgIpc) is 3.08. The number of amides is 2. The summed E-state index contributed by atoms with van der Waals surface area (Å²) in [6.45, 7) is 2.18. The molecule has 1 fully saturated rings. The van der Waals surface area contributed by atoms with Gasteiger partial charge in [0, 0.05) is 25.3 Å². The molecule has 0 spiro atoms. The lowest BCUT2D eigenvalue weighted by Gasteiger charge is -2.27. The van der Waals surface area contributed by atoms with E-state index in [2.05, 4.69) is 10.3 Å². The van der Waals surface area contributed by atoms with Gasteiger partial charge in [0.15, 0.2) is 11.5 Å². The molecule has 27 heavy (non-hydrogen) atoms. The van der Waals surface area contributed by atoms with E-state index in [1.165, 1.54) is 12.1 Å². The largest absolute Gasteiger partial charge is 0.336 e. The van der Waals surface area contributed by atoms with Crippen LogP contribution in [0.4, 0.5) is 10.1 Å². The van der Waals surface area contributed by atoms with Crippen LogP contribution >= 0.6 is 0 Å². The zero-order chi connectivity index (χ0) is 18.8. The van der Waals surface area contributed by atoms with Gasteiger partial charge in [-0.1, -0.05) is 6.07 Å². The van der Waals surface area contributed by atoms with Crippen molar-refractivity contribution in [3.8, 4) is 0 Å². The number of nitrogens with one attached hydrogen (secondary N) is 1. The first kappa shape index (κ1) is 17.7. The fourth-order valence-electron chi connectivity index (χ4n) is 3.88. The number of rotatable bonds is 3. The highest BCUT2D eigenvalue weighted by molar-refractivity contribution is 6.05. The van der Waals surface area contributed by atoms with Crippen LogP contribution in [0.5, 0.6) is 0 Å². The van der Waals surface area contributed by atoms with Crippen LogP contribution in [0.3, 0.4) is 0 Å². The van der Waals surface area contributed by atoms with Crippen molar-refractivity contribution in [3.63, 3.8) is 0 Å². The molecule has 0 saturated carbocycles. The summed E-state index contributed by atoms with van der Waals surface area (Å²) in [4.78, 5) is 32.0. The number of carbonyl (C=O) groups is 2. The molecule has 1 aromatic carbocycles. The third kappa shape index (κ3) is 3.59. The Morgan fingerprint density at radius 2 is 1.81 bits per heavy atom. The van der Waals surface area contributed by atoms with Crippen molar-refractivity contribution in [2.24, 2.45) is 0 Å². The molecule has 0 atom stereocenters. The number of fused-ring (bicyclic) bond motifs is 1. The molecule has 1 aromatic heterocycles. The van der Waals surface area contributed by atoms with E-state index in [-0.39, 0.29) is 11.6 Å². The number of carbonyl (C=O) groups excluding carboxylic acids is 2. The number of halogens is 1. The van der Waals surface area contributed by atoms with Crippen molar-refractivity contribution < 1.29 is 14.0 Å². The number of aromatic nitrogens is 2. The Hall–Kier alpha value is -2.70. The van der Waals surface area contributed by atoms with E-state index in [1.54, 1.807) is 12.1 Å². The Morgan fingerprint density at radius 1 is 1.04 bits per heavy atom. The van der Waals surface area contributed by atoms with Crippen molar-refractivity contribution in [2.45, 2.75) is 45.1 Å². The molecule has 2 aliphatic heterocycles. The predicted octanol–water partition coefficient (Wildman–Crippen LogP) is 3.24. The van der Waals surface area contributed by atoms with Gasteiger partial charge in [-0.25, -0.2) is 9.37 Å². The number of nitrogens with zero attached hydrogens (tertiary/aromatic N) is 3. The van der Waals surface area contributed by atoms with Crippen molar-refractivity contribution in [2.75, 3.05) is 18.4 Å². The highest BCUT2D eigenvalue weighted by atomic mass is 19.1. The molecule has 1 saturated heterocycles. The minimum absolute atomic E-state index is 0.0948. The Balaban J connectivity index is 1.63. The predicted molar refractivity (Wildman–Crippen MR) is 99.3 cm³/mol. The summed E-state index contributed by atoms with van der Waals surface area (Å²) >= 11 is 0. The van der Waals surface area contributed by atoms with Crippen LogP contribution in [0.1, 0.15) is 58.9 Å². The molecule has 1 N–H and O–H groups in total. The Bertz CT molecular complexity index is 871. The molecule has 0 bridgehead atoms. The molecule has 2 aromatic rings. The van der Waals surface area contributed by atoms with Crippen LogP contribution < -0.4 is 5.32 Å². The molecule has 0 unspecified atom stereocenters. The fourth-order valence-corrected chi connectivity index (χ4v) is 3.88. The quantitative estimate of drug-likeness (QED) is 0.902. The molecule has 0 radical (unpaired) electrons. The molecular weight excluding hydrogens is 347 g/mol. The van der Waals surface area contributed by atoms with Crippen LogP contribution in [0.15, 0.2) is 24.3 Å². The van der Waals surface area contributed by atoms with E-state index in [0.717, 1.165) is 50.9 Å². The van der Waals surface area contributed by atoms with Crippen LogP contribution in [0.25, 0.3) is 0 Å². The second-order valence-corrected chi connectivity index (χ2v) is 7.16. The maximum absolute atomic E-state index is 13.4. The minimum Gasteiger partial charge on any atom is -0.336 e. The SMILES string of the molecule is O=C(Nc1cccc(F)c1)c1nc(C(=O)N2CCCCC2)n2c1CCCC2. The van der Waals surface area contributed by atoms with Gasteiger partial charge in [0.05, 0.1) is 5.69 Å². The first-order valence-electron chi connectivity index (χ1n) is 9.59. The fraction of sp³-hybridized carbons (Fsp3) is 0.450. The molecule has 3 heterocycles. The maximum Gasteiger partial charge on any atom is 0.289 e. The van der Waals surface area contributed by atoms with E-state index >= 15 is 0 Å². The topological polar surface area (TPSA) is 67.2 Å². The maximum atomic E-state index is 13.4. The highest BCUT2D eigenvalue weighted by Crippen LogP contribution is 2.24. The first-order valence-corrected chi connectivity index (χ1v) is 9.59. The van der Waals surface area contributed by atoms with E-state index in [1.807, 2.05) is 9.47 Å². The van der Waals surface area contributed by atoms with Gasteiger partial charge in [-0.2, -0.15) is 0 Å². The van der Waals surface area contributed by atoms with Crippen LogP contribution in [0.2, 0.25) is 0 Å². The van der Waals surface area contributed by atoms with Gasteiger partial charge >= 0.3 is 0 Å². The van der Waals surface area contributed by atoms with Gasteiger partial charge in [0.25, 0.3) is 11.8 Å². The molecule has 142 valence electrons. The van der Waals surface area contributed by atoms with Gasteiger partial charge in [-0.05, 0) is 56.7 Å². The van der Waals surface area contributed by atoms with E-state index in [9.17, 15) is 14.0 Å². The molecule has 7 heteroatoms. The summed E-state index contributed by atoms with van der Waals surface area (Å²) in [6, 6.07) is 5.76. The third-order valence-electron chi connectivity index (χ3n) is 5.25. The van der Waals surface area contributed by atoms with Crippen molar-refractivity contribution in [1.82, 2.24) is 14.5 Å². The summed E-state index contributed by atoms with van der Waals surface area (Å²) in [5.74, 6) is -0.553. The van der Waals surface area contributed by atoms with Gasteiger partial charge in [0.1, 0.15) is 5.82 Å².